The van der Waals surface area contributed by atoms with Crippen LogP contribution in [-0.4, -0.2) is 9.97 Å². The summed E-state index contributed by atoms with van der Waals surface area (Å²) in [6.45, 7) is 0. The largest absolute Gasteiger partial charge is 0.252 e. The molecule has 1 fully saturated rings. The molecule has 0 aliphatic heterocycles. The van der Waals surface area contributed by atoms with Crippen LogP contribution < -0.4 is 0 Å². The zero-order chi connectivity index (χ0) is 11.5. The second-order valence-corrected chi connectivity index (χ2v) is 5.08. The van der Waals surface area contributed by atoms with Gasteiger partial charge in [-0.15, -0.1) is 11.3 Å². The Bertz CT molecular complexity index is 542. The Labute approximate surface area is 105 Å². The minimum atomic E-state index is 0.609. The maximum Gasteiger partial charge on any atom is 0.113 e. The second kappa shape index (κ2) is 4.68. The number of rotatable bonds is 1. The van der Waals surface area contributed by atoms with Crippen molar-refractivity contribution in [3.63, 3.8) is 0 Å². The molecule has 0 bridgehead atoms. The zero-order valence-electron chi connectivity index (χ0n) is 9.39. The van der Waals surface area contributed by atoms with Crippen molar-refractivity contribution in [3.05, 3.63) is 35.7 Å². The van der Waals surface area contributed by atoms with Gasteiger partial charge in [-0.25, -0.2) is 4.98 Å². The lowest BCUT2D eigenvalue weighted by atomic mass is 9.86. The van der Waals surface area contributed by atoms with E-state index in [1.165, 1.54) is 19.3 Å². The van der Waals surface area contributed by atoms with Gasteiger partial charge in [-0.1, -0.05) is 12.3 Å². The third-order valence-corrected chi connectivity index (χ3v) is 3.81. The average Bonchev–Trinajstić information content (AvgIpc) is 2.81. The Hall–Kier alpha value is -1.66. The first kappa shape index (κ1) is 10.5. The number of pyridine rings is 1. The summed E-state index contributed by atoms with van der Waals surface area (Å²) >= 11 is 1.63. The summed E-state index contributed by atoms with van der Waals surface area (Å²) in [5, 5.41) is 0. The van der Waals surface area contributed by atoms with Crippen molar-refractivity contribution in [2.75, 3.05) is 0 Å². The Morgan fingerprint density at radius 2 is 2.18 bits per heavy atom. The summed E-state index contributed by atoms with van der Waals surface area (Å²) in [5.74, 6) is 7.02. The predicted molar refractivity (Wildman–Crippen MR) is 69.6 cm³/mol. The van der Waals surface area contributed by atoms with Crippen molar-refractivity contribution in [2.24, 2.45) is 5.92 Å². The van der Waals surface area contributed by atoms with E-state index < -0.39 is 0 Å². The van der Waals surface area contributed by atoms with Crippen LogP contribution in [0.3, 0.4) is 0 Å². The lowest BCUT2D eigenvalue weighted by molar-refractivity contribution is 0.401. The van der Waals surface area contributed by atoms with E-state index in [1.807, 2.05) is 24.0 Å². The second-order valence-electron chi connectivity index (χ2n) is 4.19. The molecule has 3 rings (SSSR count). The molecule has 1 aliphatic carbocycles. The molecule has 0 saturated heterocycles. The van der Waals surface area contributed by atoms with Gasteiger partial charge in [0.2, 0.25) is 0 Å². The van der Waals surface area contributed by atoms with Gasteiger partial charge in [-0.3, -0.25) is 4.98 Å². The van der Waals surface area contributed by atoms with E-state index in [4.69, 9.17) is 0 Å². The van der Waals surface area contributed by atoms with Crippen LogP contribution in [0.2, 0.25) is 0 Å². The standard InChI is InChI=1S/C14H12N2S/c1-2-11(3-1)4-6-13-7-5-12(8-16-13)14-9-15-10-17-14/h5,7-11H,1-3H2. The Balaban J connectivity index is 1.77. The fourth-order valence-corrected chi connectivity index (χ4v) is 2.31. The van der Waals surface area contributed by atoms with Crippen LogP contribution in [0.5, 0.6) is 0 Å². The van der Waals surface area contributed by atoms with Gasteiger partial charge in [0, 0.05) is 23.9 Å². The zero-order valence-corrected chi connectivity index (χ0v) is 10.2. The summed E-state index contributed by atoms with van der Waals surface area (Å²) in [7, 11) is 0. The maximum atomic E-state index is 4.37. The maximum absolute atomic E-state index is 4.37. The van der Waals surface area contributed by atoms with E-state index in [1.54, 1.807) is 11.3 Å². The van der Waals surface area contributed by atoms with E-state index >= 15 is 0 Å². The number of thiazole rings is 1. The van der Waals surface area contributed by atoms with Crippen molar-refractivity contribution in [1.29, 1.82) is 0 Å². The molecular formula is C14H12N2S. The molecule has 0 spiro atoms. The summed E-state index contributed by atoms with van der Waals surface area (Å²) in [6.07, 6.45) is 7.58. The molecule has 2 heterocycles. The molecule has 0 N–H and O–H groups in total. The first-order valence-electron chi connectivity index (χ1n) is 5.78. The highest BCUT2D eigenvalue weighted by atomic mass is 32.1. The smallest absolute Gasteiger partial charge is 0.113 e. The molecule has 0 amide bonds. The van der Waals surface area contributed by atoms with Gasteiger partial charge in [0.15, 0.2) is 0 Å². The van der Waals surface area contributed by atoms with Crippen molar-refractivity contribution >= 4 is 11.3 Å². The van der Waals surface area contributed by atoms with Crippen molar-refractivity contribution in [1.82, 2.24) is 9.97 Å². The molecule has 0 radical (unpaired) electrons. The molecule has 2 aromatic heterocycles. The molecule has 0 aromatic carbocycles. The summed E-state index contributed by atoms with van der Waals surface area (Å²) in [5.41, 5.74) is 3.81. The molecule has 0 unspecified atom stereocenters. The summed E-state index contributed by atoms with van der Waals surface area (Å²) in [4.78, 5) is 9.58. The highest BCUT2D eigenvalue weighted by molar-refractivity contribution is 7.13. The Morgan fingerprint density at radius 1 is 1.24 bits per heavy atom. The van der Waals surface area contributed by atoms with Gasteiger partial charge in [0.25, 0.3) is 0 Å². The highest BCUT2D eigenvalue weighted by Crippen LogP contribution is 2.25. The van der Waals surface area contributed by atoms with Crippen molar-refractivity contribution in [2.45, 2.75) is 19.3 Å². The Morgan fingerprint density at radius 3 is 2.76 bits per heavy atom. The minimum Gasteiger partial charge on any atom is -0.252 e. The van der Waals surface area contributed by atoms with E-state index in [-0.39, 0.29) is 0 Å². The first-order chi connectivity index (χ1) is 8.42. The molecule has 2 aromatic rings. The van der Waals surface area contributed by atoms with Gasteiger partial charge in [0.05, 0.1) is 10.4 Å². The predicted octanol–water partition coefficient (Wildman–Crippen LogP) is 3.36. The van der Waals surface area contributed by atoms with E-state index in [0.29, 0.717) is 5.92 Å². The van der Waals surface area contributed by atoms with Crippen LogP contribution >= 0.6 is 11.3 Å². The summed E-state index contributed by atoms with van der Waals surface area (Å²) in [6, 6.07) is 4.05. The van der Waals surface area contributed by atoms with Crippen LogP contribution in [0.1, 0.15) is 25.0 Å². The normalized spacial score (nSPS) is 14.8. The number of nitrogens with zero attached hydrogens (tertiary/aromatic N) is 2. The minimum absolute atomic E-state index is 0.609. The lowest BCUT2D eigenvalue weighted by Gasteiger charge is -2.18. The third kappa shape index (κ3) is 2.37. The van der Waals surface area contributed by atoms with Crippen LogP contribution in [-0.2, 0) is 0 Å². The molecule has 17 heavy (non-hydrogen) atoms. The van der Waals surface area contributed by atoms with Gasteiger partial charge in [0.1, 0.15) is 5.69 Å². The lowest BCUT2D eigenvalue weighted by Crippen LogP contribution is -2.07. The van der Waals surface area contributed by atoms with Gasteiger partial charge < -0.3 is 0 Å². The molecule has 2 nitrogen and oxygen atoms in total. The van der Waals surface area contributed by atoms with E-state index in [0.717, 1.165) is 16.1 Å². The quantitative estimate of drug-likeness (QED) is 0.714. The van der Waals surface area contributed by atoms with Crippen LogP contribution in [0.4, 0.5) is 0 Å². The van der Waals surface area contributed by atoms with Gasteiger partial charge in [-0.05, 0) is 30.9 Å². The van der Waals surface area contributed by atoms with E-state index in [9.17, 15) is 0 Å². The molecule has 1 saturated carbocycles. The van der Waals surface area contributed by atoms with Crippen molar-refractivity contribution < 1.29 is 0 Å². The van der Waals surface area contributed by atoms with Crippen LogP contribution in [0.15, 0.2) is 30.0 Å². The monoisotopic (exact) mass is 240 g/mol. The SMILES string of the molecule is C(#CC1CCC1)c1ccc(-c2cncs2)cn1. The van der Waals surface area contributed by atoms with Crippen LogP contribution in [0.25, 0.3) is 10.4 Å². The summed E-state index contributed by atoms with van der Waals surface area (Å²) < 4.78 is 0. The van der Waals surface area contributed by atoms with Gasteiger partial charge >= 0.3 is 0 Å². The van der Waals surface area contributed by atoms with E-state index in [2.05, 4.69) is 27.9 Å². The molecular weight excluding hydrogens is 228 g/mol. The Kier molecular flexibility index (Phi) is 2.89. The molecule has 3 heteroatoms. The molecule has 0 atom stereocenters. The van der Waals surface area contributed by atoms with Crippen LogP contribution in [0, 0.1) is 17.8 Å². The molecule has 84 valence electrons. The number of hydrogen-bond acceptors (Lipinski definition) is 3. The third-order valence-electron chi connectivity index (χ3n) is 2.99. The first-order valence-corrected chi connectivity index (χ1v) is 6.66. The fourth-order valence-electron chi connectivity index (χ4n) is 1.70. The topological polar surface area (TPSA) is 25.8 Å². The van der Waals surface area contributed by atoms with Gasteiger partial charge in [-0.2, -0.15) is 0 Å². The average molecular weight is 240 g/mol. The van der Waals surface area contributed by atoms with Crippen molar-refractivity contribution in [3.8, 4) is 22.3 Å². The highest BCUT2D eigenvalue weighted by Gasteiger charge is 2.13. The fraction of sp³-hybridized carbons (Fsp3) is 0.286. The number of hydrogen-bond donors (Lipinski definition) is 0. The number of aromatic nitrogens is 2. The molecule has 1 aliphatic rings.